The van der Waals surface area contributed by atoms with Gasteiger partial charge in [-0.3, -0.25) is 14.3 Å². The number of H-pyrrole nitrogens is 1. The molecule has 2 atom stereocenters. The number of hydrogen-bond acceptors (Lipinski definition) is 6. The molecule has 1 aliphatic rings. The second-order valence-corrected chi connectivity index (χ2v) is 13.7. The van der Waals surface area contributed by atoms with Gasteiger partial charge in [0.15, 0.2) is 14.5 Å². The van der Waals surface area contributed by atoms with Crippen LogP contribution in [0.5, 0.6) is 0 Å². The number of aromatic amines is 1. The van der Waals surface area contributed by atoms with Crippen LogP contribution >= 0.6 is 0 Å². The van der Waals surface area contributed by atoms with Crippen molar-refractivity contribution in [2.24, 2.45) is 5.92 Å². The SMILES string of the molecule is CCOC(=O)/C=C/C1=C[C@@H](n2cc(F)c(=O)[nH]c2=O)O[C@H]1CO[Si](C)(C)C(C)(C)C(C)C. The zero-order valence-electron chi connectivity index (χ0n) is 19.7. The summed E-state index contributed by atoms with van der Waals surface area (Å²) >= 11 is 0. The lowest BCUT2D eigenvalue weighted by atomic mass is 9.99. The lowest BCUT2D eigenvalue weighted by Crippen LogP contribution is -2.46. The maximum absolute atomic E-state index is 13.8. The summed E-state index contributed by atoms with van der Waals surface area (Å²) in [5.41, 5.74) is -1.31. The summed E-state index contributed by atoms with van der Waals surface area (Å²) < 4.78 is 32.0. The number of rotatable bonds is 9. The van der Waals surface area contributed by atoms with E-state index in [0.717, 1.165) is 10.8 Å². The number of halogens is 1. The maximum atomic E-state index is 13.8. The number of ether oxygens (including phenoxy) is 2. The first-order valence-electron chi connectivity index (χ1n) is 10.7. The molecule has 2 rings (SSSR count). The molecule has 0 spiro atoms. The second kappa shape index (κ2) is 10.1. The van der Waals surface area contributed by atoms with E-state index in [-0.39, 0.29) is 18.3 Å². The lowest BCUT2D eigenvalue weighted by Gasteiger charge is -2.43. The van der Waals surface area contributed by atoms with Gasteiger partial charge < -0.3 is 13.9 Å². The molecule has 0 saturated carbocycles. The molecule has 1 aromatic heterocycles. The fourth-order valence-electron chi connectivity index (χ4n) is 3.17. The van der Waals surface area contributed by atoms with E-state index in [2.05, 4.69) is 40.8 Å². The predicted molar refractivity (Wildman–Crippen MR) is 121 cm³/mol. The average molecular weight is 469 g/mol. The van der Waals surface area contributed by atoms with E-state index in [1.807, 2.05) is 4.98 Å². The van der Waals surface area contributed by atoms with Crippen molar-refractivity contribution in [1.82, 2.24) is 9.55 Å². The van der Waals surface area contributed by atoms with Crippen LogP contribution in [0.4, 0.5) is 4.39 Å². The minimum Gasteiger partial charge on any atom is -0.463 e. The Labute approximate surface area is 188 Å². The highest BCUT2D eigenvalue weighted by molar-refractivity contribution is 6.74. The van der Waals surface area contributed by atoms with Crippen LogP contribution in [0, 0.1) is 11.7 Å². The molecular weight excluding hydrogens is 435 g/mol. The van der Waals surface area contributed by atoms with Crippen LogP contribution in [0.1, 0.15) is 40.8 Å². The number of nitrogens with one attached hydrogen (secondary N) is 1. The van der Waals surface area contributed by atoms with E-state index in [1.54, 1.807) is 19.1 Å². The molecule has 10 heteroatoms. The summed E-state index contributed by atoms with van der Waals surface area (Å²) in [4.78, 5) is 37.2. The Morgan fingerprint density at radius 1 is 1.38 bits per heavy atom. The summed E-state index contributed by atoms with van der Waals surface area (Å²) in [6.45, 7) is 15.1. The standard InChI is InChI=1S/C22H33FN2O6Si/c1-8-29-19(26)10-9-15-11-18(25-12-16(23)20(27)24-21(25)28)31-17(15)13-30-32(6,7)22(4,5)14(2)3/h9-12,14,17-18H,8,13H2,1-7H3,(H,24,27,28)/b10-9+/t17-,18-/m0/s1. The van der Waals surface area contributed by atoms with Crippen molar-refractivity contribution >= 4 is 14.3 Å². The van der Waals surface area contributed by atoms with E-state index in [9.17, 15) is 18.8 Å². The van der Waals surface area contributed by atoms with Crippen LogP contribution in [0.2, 0.25) is 18.1 Å². The molecule has 0 radical (unpaired) electrons. The Hall–Kier alpha value is -2.30. The smallest absolute Gasteiger partial charge is 0.330 e. The van der Waals surface area contributed by atoms with Gasteiger partial charge in [-0.25, -0.2) is 9.59 Å². The van der Waals surface area contributed by atoms with E-state index in [4.69, 9.17) is 13.9 Å². The van der Waals surface area contributed by atoms with Crippen LogP contribution in [0.25, 0.3) is 0 Å². The van der Waals surface area contributed by atoms with Gasteiger partial charge in [0.05, 0.1) is 19.4 Å². The zero-order valence-corrected chi connectivity index (χ0v) is 20.7. The van der Waals surface area contributed by atoms with Crippen molar-refractivity contribution in [2.45, 2.75) is 65.1 Å². The Morgan fingerprint density at radius 3 is 2.62 bits per heavy atom. The second-order valence-electron chi connectivity index (χ2n) is 9.11. The normalized spacial score (nSPS) is 19.6. The van der Waals surface area contributed by atoms with Gasteiger partial charge >= 0.3 is 11.7 Å². The highest BCUT2D eigenvalue weighted by Crippen LogP contribution is 2.45. The van der Waals surface area contributed by atoms with E-state index >= 15 is 0 Å². The van der Waals surface area contributed by atoms with Gasteiger partial charge in [-0.1, -0.05) is 27.7 Å². The fraction of sp³-hybridized carbons (Fsp3) is 0.591. The van der Waals surface area contributed by atoms with Crippen molar-refractivity contribution in [2.75, 3.05) is 13.2 Å². The molecule has 0 saturated heterocycles. The number of carbonyl (C=O) groups excluding carboxylic acids is 1. The summed E-state index contributed by atoms with van der Waals surface area (Å²) in [7, 11) is -2.18. The molecule has 1 N–H and O–H groups in total. The molecule has 0 amide bonds. The van der Waals surface area contributed by atoms with E-state index < -0.39 is 43.7 Å². The highest BCUT2D eigenvalue weighted by atomic mass is 28.4. The molecule has 0 bridgehead atoms. The monoisotopic (exact) mass is 468 g/mol. The third-order valence-electron chi connectivity index (χ3n) is 6.50. The van der Waals surface area contributed by atoms with Gasteiger partial charge in [0.25, 0.3) is 5.56 Å². The van der Waals surface area contributed by atoms with Gasteiger partial charge in [-0.05, 0) is 48.7 Å². The summed E-state index contributed by atoms with van der Waals surface area (Å²) in [5.74, 6) is -1.21. The quantitative estimate of drug-likeness (QED) is 0.339. The summed E-state index contributed by atoms with van der Waals surface area (Å²) in [6, 6.07) is 0. The molecular formula is C22H33FN2O6Si. The van der Waals surface area contributed by atoms with Gasteiger partial charge in [0.1, 0.15) is 6.10 Å². The first-order valence-corrected chi connectivity index (χ1v) is 13.6. The Morgan fingerprint density at radius 2 is 2.03 bits per heavy atom. The fourth-order valence-corrected chi connectivity index (χ4v) is 5.50. The number of hydrogen-bond donors (Lipinski definition) is 1. The Kier molecular flexibility index (Phi) is 8.19. The van der Waals surface area contributed by atoms with Crippen molar-refractivity contribution in [3.8, 4) is 0 Å². The Balaban J connectivity index is 2.32. The zero-order chi connectivity index (χ0) is 24.3. The van der Waals surface area contributed by atoms with Crippen LogP contribution in [0.15, 0.2) is 39.6 Å². The molecule has 32 heavy (non-hydrogen) atoms. The third-order valence-corrected chi connectivity index (χ3v) is 11.1. The average Bonchev–Trinajstić information content (AvgIpc) is 3.10. The molecule has 0 fully saturated rings. The van der Waals surface area contributed by atoms with Gasteiger partial charge in [-0.15, -0.1) is 0 Å². The van der Waals surface area contributed by atoms with E-state index in [0.29, 0.717) is 11.5 Å². The number of carbonyl (C=O) groups is 1. The molecule has 8 nitrogen and oxygen atoms in total. The minimum absolute atomic E-state index is 0.0192. The maximum Gasteiger partial charge on any atom is 0.330 e. The van der Waals surface area contributed by atoms with Crippen LogP contribution in [0.3, 0.4) is 0 Å². The molecule has 178 valence electrons. The molecule has 1 aromatic rings. The first-order chi connectivity index (χ1) is 14.8. The van der Waals surface area contributed by atoms with Crippen molar-refractivity contribution < 1.29 is 23.1 Å². The van der Waals surface area contributed by atoms with Crippen molar-refractivity contribution in [3.63, 3.8) is 0 Å². The van der Waals surface area contributed by atoms with Crippen LogP contribution in [-0.4, -0.2) is 43.2 Å². The van der Waals surface area contributed by atoms with Gasteiger partial charge in [-0.2, -0.15) is 4.39 Å². The minimum atomic E-state index is -2.18. The van der Waals surface area contributed by atoms with Gasteiger partial charge in [0.2, 0.25) is 5.82 Å². The lowest BCUT2D eigenvalue weighted by molar-refractivity contribution is -0.137. The molecule has 0 aromatic carbocycles. The van der Waals surface area contributed by atoms with E-state index in [1.165, 1.54) is 6.08 Å². The Bertz CT molecular complexity index is 1010. The number of nitrogens with zero attached hydrogens (tertiary/aromatic N) is 1. The van der Waals surface area contributed by atoms with Crippen LogP contribution in [-0.2, 0) is 18.7 Å². The van der Waals surface area contributed by atoms with Crippen molar-refractivity contribution in [1.29, 1.82) is 0 Å². The summed E-state index contributed by atoms with van der Waals surface area (Å²) in [5, 5.41) is -0.0192. The highest BCUT2D eigenvalue weighted by Gasteiger charge is 2.44. The number of esters is 1. The largest absolute Gasteiger partial charge is 0.463 e. The van der Waals surface area contributed by atoms with Crippen molar-refractivity contribution in [3.05, 3.63) is 56.7 Å². The number of aromatic nitrogens is 2. The predicted octanol–water partition coefficient (Wildman–Crippen LogP) is 3.28. The summed E-state index contributed by atoms with van der Waals surface area (Å²) in [6.07, 6.45) is 3.64. The first kappa shape index (κ1) is 26.0. The third kappa shape index (κ3) is 5.73. The molecule has 1 aliphatic heterocycles. The molecule has 2 heterocycles. The topological polar surface area (TPSA) is 99.6 Å². The van der Waals surface area contributed by atoms with Crippen LogP contribution < -0.4 is 11.2 Å². The van der Waals surface area contributed by atoms with Gasteiger partial charge in [0, 0.05) is 6.08 Å². The molecule has 0 aliphatic carbocycles. The molecule has 0 unspecified atom stereocenters.